The third kappa shape index (κ3) is 4.37. The summed E-state index contributed by atoms with van der Waals surface area (Å²) in [5, 5.41) is 5.54. The van der Waals surface area contributed by atoms with E-state index in [1.807, 2.05) is 0 Å². The molecule has 144 valence electrons. The van der Waals surface area contributed by atoms with Crippen molar-refractivity contribution >= 4 is 23.1 Å². The Bertz CT molecular complexity index is 1030. The maximum atomic E-state index is 12.9. The van der Waals surface area contributed by atoms with Crippen molar-refractivity contribution in [3.8, 4) is 11.3 Å². The third-order valence-corrected chi connectivity index (χ3v) is 3.80. The van der Waals surface area contributed by atoms with Crippen LogP contribution in [0.3, 0.4) is 0 Å². The van der Waals surface area contributed by atoms with Crippen LogP contribution in [0.4, 0.5) is 30.4 Å². The summed E-state index contributed by atoms with van der Waals surface area (Å²) in [7, 11) is 1.79. The van der Waals surface area contributed by atoms with Gasteiger partial charge in [0.1, 0.15) is 5.82 Å². The molecule has 6 nitrogen and oxygen atoms in total. The molecular weight excluding hydrogens is 371 g/mol. The number of imidazole rings is 1. The van der Waals surface area contributed by atoms with E-state index in [0.29, 0.717) is 22.6 Å². The first-order valence-corrected chi connectivity index (χ1v) is 8.12. The molecule has 0 aliphatic heterocycles. The van der Waals surface area contributed by atoms with Crippen LogP contribution in [0, 0.1) is 0 Å². The zero-order valence-corrected chi connectivity index (χ0v) is 14.8. The lowest BCUT2D eigenvalue weighted by molar-refractivity contribution is -0.137. The van der Waals surface area contributed by atoms with Crippen LogP contribution in [-0.2, 0) is 18.0 Å². The Morgan fingerprint density at radius 3 is 2.64 bits per heavy atom. The van der Waals surface area contributed by atoms with Crippen molar-refractivity contribution in [1.29, 1.82) is 0 Å². The average Bonchev–Trinajstić information content (AvgIpc) is 3.08. The summed E-state index contributed by atoms with van der Waals surface area (Å²) in [6.07, 6.45) is 1.10. The van der Waals surface area contributed by atoms with Gasteiger partial charge in [-0.15, -0.1) is 0 Å². The molecule has 0 spiro atoms. The van der Waals surface area contributed by atoms with Gasteiger partial charge < -0.3 is 15.2 Å². The molecule has 1 aromatic carbocycles. The fourth-order valence-electron chi connectivity index (χ4n) is 2.50. The molecule has 0 aliphatic carbocycles. The minimum atomic E-state index is -4.47. The van der Waals surface area contributed by atoms with Crippen LogP contribution in [0.25, 0.3) is 11.3 Å². The second-order valence-electron chi connectivity index (χ2n) is 5.93. The van der Waals surface area contributed by atoms with Crippen LogP contribution in [0.15, 0.2) is 61.7 Å². The summed E-state index contributed by atoms with van der Waals surface area (Å²) in [5.41, 5.74) is 1.34. The Morgan fingerprint density at radius 1 is 1.21 bits per heavy atom. The molecule has 0 unspecified atom stereocenters. The van der Waals surface area contributed by atoms with Crippen LogP contribution in [0.2, 0.25) is 0 Å². The lowest BCUT2D eigenvalue weighted by atomic mass is 10.1. The molecule has 0 radical (unpaired) electrons. The second kappa shape index (κ2) is 7.55. The van der Waals surface area contributed by atoms with Crippen molar-refractivity contribution in [2.45, 2.75) is 6.18 Å². The molecule has 2 aromatic heterocycles. The number of aryl methyl sites for hydroxylation is 1. The van der Waals surface area contributed by atoms with E-state index in [2.05, 4.69) is 27.2 Å². The summed E-state index contributed by atoms with van der Waals surface area (Å²) in [5.74, 6) is -0.345. The smallest absolute Gasteiger partial charge is 0.340 e. The van der Waals surface area contributed by atoms with Crippen molar-refractivity contribution in [3.63, 3.8) is 0 Å². The average molecular weight is 387 g/mol. The number of carbonyl (C=O) groups excluding carboxylic acids is 1. The molecule has 0 saturated heterocycles. The van der Waals surface area contributed by atoms with Crippen molar-refractivity contribution in [3.05, 3.63) is 67.3 Å². The molecule has 0 bridgehead atoms. The van der Waals surface area contributed by atoms with Crippen LogP contribution in [0.5, 0.6) is 0 Å². The fourth-order valence-corrected chi connectivity index (χ4v) is 2.50. The van der Waals surface area contributed by atoms with E-state index in [1.54, 1.807) is 42.3 Å². The van der Waals surface area contributed by atoms with Gasteiger partial charge in [0.2, 0.25) is 5.91 Å². The zero-order chi connectivity index (χ0) is 20.3. The summed E-state index contributed by atoms with van der Waals surface area (Å²) < 4.78 is 40.6. The van der Waals surface area contributed by atoms with Crippen molar-refractivity contribution in [2.75, 3.05) is 10.6 Å². The Morgan fingerprint density at radius 2 is 2.00 bits per heavy atom. The molecule has 3 rings (SSSR count). The highest BCUT2D eigenvalue weighted by atomic mass is 19.4. The van der Waals surface area contributed by atoms with E-state index in [4.69, 9.17) is 0 Å². The van der Waals surface area contributed by atoms with Gasteiger partial charge in [0.05, 0.1) is 17.6 Å². The molecule has 0 atom stereocenters. The van der Waals surface area contributed by atoms with Gasteiger partial charge in [-0.3, -0.25) is 4.79 Å². The minimum absolute atomic E-state index is 0.0369. The van der Waals surface area contributed by atoms with Gasteiger partial charge in [0, 0.05) is 36.4 Å². The lowest BCUT2D eigenvalue weighted by Crippen LogP contribution is -2.08. The quantitative estimate of drug-likeness (QED) is 0.638. The molecule has 1 amide bonds. The largest absolute Gasteiger partial charge is 0.416 e. The molecular formula is C19H16F3N5O. The molecule has 0 fully saturated rings. The number of amides is 1. The SMILES string of the molecule is C=CC(=O)Nc1ccc(Nc2cc(C(F)(F)F)ccn2)c(-c2cn(C)cn2)c1. The second-order valence-corrected chi connectivity index (χ2v) is 5.93. The summed E-state index contributed by atoms with van der Waals surface area (Å²) in [6, 6.07) is 6.74. The first-order valence-electron chi connectivity index (χ1n) is 8.12. The summed E-state index contributed by atoms with van der Waals surface area (Å²) in [6.45, 7) is 3.40. The van der Waals surface area contributed by atoms with Crippen molar-refractivity contribution in [2.24, 2.45) is 7.05 Å². The predicted molar refractivity (Wildman–Crippen MR) is 100.0 cm³/mol. The van der Waals surface area contributed by atoms with E-state index in [1.165, 1.54) is 0 Å². The lowest BCUT2D eigenvalue weighted by Gasteiger charge is -2.14. The monoisotopic (exact) mass is 387 g/mol. The molecule has 9 heteroatoms. The normalized spacial score (nSPS) is 11.1. The number of hydrogen-bond donors (Lipinski definition) is 2. The molecule has 28 heavy (non-hydrogen) atoms. The standard InChI is InChI=1S/C19H16F3N5O/c1-3-18(28)25-13-4-5-15(14(9-13)16-10-27(2)11-24-16)26-17-8-12(6-7-23-17)19(20,21)22/h3-11H,1H2,2H3,(H,23,26)(H,25,28). The Balaban J connectivity index is 2.00. The van der Waals surface area contributed by atoms with E-state index in [9.17, 15) is 18.0 Å². The first-order chi connectivity index (χ1) is 13.3. The first kappa shape index (κ1) is 19.2. The maximum Gasteiger partial charge on any atom is 0.416 e. The van der Waals surface area contributed by atoms with E-state index < -0.39 is 11.7 Å². The number of pyridine rings is 1. The van der Waals surface area contributed by atoms with Crippen LogP contribution >= 0.6 is 0 Å². The van der Waals surface area contributed by atoms with E-state index in [0.717, 1.165) is 24.4 Å². The molecule has 0 aliphatic rings. The highest BCUT2D eigenvalue weighted by Crippen LogP contribution is 2.34. The number of carbonyl (C=O) groups is 1. The topological polar surface area (TPSA) is 71.8 Å². The number of aromatic nitrogens is 3. The van der Waals surface area contributed by atoms with Gasteiger partial charge >= 0.3 is 6.18 Å². The van der Waals surface area contributed by atoms with Gasteiger partial charge in [0.15, 0.2) is 0 Å². The minimum Gasteiger partial charge on any atom is -0.340 e. The van der Waals surface area contributed by atoms with Gasteiger partial charge in [-0.1, -0.05) is 6.58 Å². The predicted octanol–water partition coefficient (Wildman–Crippen LogP) is 4.37. The zero-order valence-electron chi connectivity index (χ0n) is 14.8. The number of alkyl halides is 3. The summed E-state index contributed by atoms with van der Waals surface area (Å²) in [4.78, 5) is 19.8. The molecule has 2 N–H and O–H groups in total. The number of hydrogen-bond acceptors (Lipinski definition) is 4. The van der Waals surface area contributed by atoms with Gasteiger partial charge in [-0.25, -0.2) is 9.97 Å². The number of nitrogens with one attached hydrogen (secondary N) is 2. The van der Waals surface area contributed by atoms with Crippen LogP contribution < -0.4 is 10.6 Å². The Hall–Kier alpha value is -3.62. The number of benzene rings is 1. The molecule has 2 heterocycles. The van der Waals surface area contributed by atoms with Crippen LogP contribution in [-0.4, -0.2) is 20.4 Å². The van der Waals surface area contributed by atoms with E-state index >= 15 is 0 Å². The van der Waals surface area contributed by atoms with E-state index in [-0.39, 0.29) is 11.7 Å². The number of rotatable bonds is 5. The van der Waals surface area contributed by atoms with Crippen LogP contribution in [0.1, 0.15) is 5.56 Å². The van der Waals surface area contributed by atoms with Gasteiger partial charge in [-0.2, -0.15) is 13.2 Å². The summed E-state index contributed by atoms with van der Waals surface area (Å²) >= 11 is 0. The number of nitrogens with zero attached hydrogens (tertiary/aromatic N) is 3. The van der Waals surface area contributed by atoms with Gasteiger partial charge in [0.25, 0.3) is 0 Å². The van der Waals surface area contributed by atoms with Crippen molar-refractivity contribution < 1.29 is 18.0 Å². The maximum absolute atomic E-state index is 12.9. The molecule has 3 aromatic rings. The highest BCUT2D eigenvalue weighted by Gasteiger charge is 2.30. The molecule has 0 saturated carbocycles. The Kier molecular flexibility index (Phi) is 5.16. The Labute approximate surface area is 158 Å². The number of halogens is 3. The highest BCUT2D eigenvalue weighted by molar-refractivity contribution is 5.99. The van der Waals surface area contributed by atoms with Gasteiger partial charge in [-0.05, 0) is 36.4 Å². The number of anilines is 3. The third-order valence-electron chi connectivity index (χ3n) is 3.80. The van der Waals surface area contributed by atoms with Crippen molar-refractivity contribution in [1.82, 2.24) is 14.5 Å². The fraction of sp³-hybridized carbons (Fsp3) is 0.105.